The van der Waals surface area contributed by atoms with Crippen LogP contribution in [0, 0.1) is 5.92 Å². The van der Waals surface area contributed by atoms with Gasteiger partial charge in [-0.25, -0.2) is 4.79 Å². The summed E-state index contributed by atoms with van der Waals surface area (Å²) in [4.78, 5) is 24.9. The largest absolute Gasteiger partial charge is 0.464 e. The Balaban J connectivity index is 4.61. The van der Waals surface area contributed by atoms with Gasteiger partial charge in [-0.15, -0.1) is 0 Å². The van der Waals surface area contributed by atoms with Crippen LogP contribution in [0.2, 0.25) is 0 Å². The third kappa shape index (κ3) is 5.02. The highest BCUT2D eigenvalue weighted by Crippen LogP contribution is 2.09. The highest BCUT2D eigenvalue weighted by molar-refractivity contribution is 5.91. The van der Waals surface area contributed by atoms with Crippen molar-refractivity contribution >= 4 is 11.9 Å². The second-order valence-corrected chi connectivity index (χ2v) is 4.74. The van der Waals surface area contributed by atoms with Crippen LogP contribution >= 0.6 is 0 Å². The van der Waals surface area contributed by atoms with Crippen LogP contribution in [0.3, 0.4) is 0 Å². The number of ether oxygens (including phenoxy) is 1. The van der Waals surface area contributed by atoms with Crippen molar-refractivity contribution < 1.29 is 14.3 Å². The molecule has 0 bridgehead atoms. The van der Waals surface area contributed by atoms with E-state index in [0.29, 0.717) is 6.61 Å². The molecule has 0 spiro atoms. The van der Waals surface area contributed by atoms with Gasteiger partial charge >= 0.3 is 5.97 Å². The molecule has 0 saturated heterocycles. The Kier molecular flexibility index (Phi) is 6.54. The van der Waals surface area contributed by atoms with Crippen LogP contribution < -0.4 is 0 Å². The fourth-order valence-electron chi connectivity index (χ4n) is 1.48. The standard InChI is InChI=1S/C13H23NO3/c1-7-12(15)14(10(4)5)11(6)13(16)17-8-9(2)3/h7,9-11H,1,8H2,2-6H3. The fraction of sp³-hybridized carbons (Fsp3) is 0.692. The zero-order valence-corrected chi connectivity index (χ0v) is 11.4. The molecule has 0 radical (unpaired) electrons. The van der Waals surface area contributed by atoms with Crippen molar-refractivity contribution in [3.63, 3.8) is 0 Å². The van der Waals surface area contributed by atoms with Gasteiger partial charge in [0.25, 0.3) is 0 Å². The van der Waals surface area contributed by atoms with E-state index in [4.69, 9.17) is 4.74 Å². The van der Waals surface area contributed by atoms with Crippen molar-refractivity contribution in [3.8, 4) is 0 Å². The fourth-order valence-corrected chi connectivity index (χ4v) is 1.48. The number of carbonyl (C=O) groups is 2. The minimum Gasteiger partial charge on any atom is -0.464 e. The van der Waals surface area contributed by atoms with Crippen LogP contribution in [0.15, 0.2) is 12.7 Å². The van der Waals surface area contributed by atoms with Crippen molar-refractivity contribution in [2.75, 3.05) is 6.61 Å². The van der Waals surface area contributed by atoms with Crippen molar-refractivity contribution in [2.24, 2.45) is 5.92 Å². The van der Waals surface area contributed by atoms with Crippen molar-refractivity contribution in [1.82, 2.24) is 4.90 Å². The Morgan fingerprint density at radius 2 is 1.76 bits per heavy atom. The van der Waals surface area contributed by atoms with Gasteiger partial charge in [-0.05, 0) is 32.8 Å². The smallest absolute Gasteiger partial charge is 0.328 e. The van der Waals surface area contributed by atoms with Crippen LogP contribution in [-0.2, 0) is 14.3 Å². The van der Waals surface area contributed by atoms with E-state index in [0.717, 1.165) is 0 Å². The van der Waals surface area contributed by atoms with Gasteiger partial charge in [0.05, 0.1) is 6.61 Å². The maximum absolute atomic E-state index is 11.8. The lowest BCUT2D eigenvalue weighted by Crippen LogP contribution is -2.47. The Morgan fingerprint density at radius 3 is 2.12 bits per heavy atom. The molecule has 0 N–H and O–H groups in total. The first-order chi connectivity index (χ1) is 7.81. The molecule has 0 heterocycles. The van der Waals surface area contributed by atoms with Crippen molar-refractivity contribution in [1.29, 1.82) is 0 Å². The molecule has 0 fully saturated rings. The summed E-state index contributed by atoms with van der Waals surface area (Å²) >= 11 is 0. The quantitative estimate of drug-likeness (QED) is 0.528. The van der Waals surface area contributed by atoms with Gasteiger partial charge in [-0.2, -0.15) is 0 Å². The average molecular weight is 241 g/mol. The Hall–Kier alpha value is -1.32. The first-order valence-electron chi connectivity index (χ1n) is 5.92. The molecule has 4 nitrogen and oxygen atoms in total. The van der Waals surface area contributed by atoms with Crippen LogP contribution in [0.25, 0.3) is 0 Å². The van der Waals surface area contributed by atoms with E-state index in [1.165, 1.54) is 11.0 Å². The van der Waals surface area contributed by atoms with Gasteiger partial charge in [0.15, 0.2) is 0 Å². The summed E-state index contributed by atoms with van der Waals surface area (Å²) in [6.07, 6.45) is 1.21. The summed E-state index contributed by atoms with van der Waals surface area (Å²) in [5, 5.41) is 0. The van der Waals surface area contributed by atoms with Crippen LogP contribution in [0.4, 0.5) is 0 Å². The molecule has 1 atom stereocenters. The lowest BCUT2D eigenvalue weighted by molar-refractivity contribution is -0.155. The summed E-state index contributed by atoms with van der Waals surface area (Å²) in [6.45, 7) is 13.1. The molecule has 98 valence electrons. The summed E-state index contributed by atoms with van der Waals surface area (Å²) in [6, 6.07) is -0.652. The number of hydrogen-bond acceptors (Lipinski definition) is 3. The number of amides is 1. The molecule has 0 aromatic heterocycles. The predicted octanol–water partition coefficient (Wildman–Crippen LogP) is 2.00. The first-order valence-corrected chi connectivity index (χ1v) is 5.92. The van der Waals surface area contributed by atoms with Crippen molar-refractivity contribution in [2.45, 2.75) is 46.7 Å². The van der Waals surface area contributed by atoms with Crippen molar-refractivity contribution in [3.05, 3.63) is 12.7 Å². The second kappa shape index (κ2) is 7.09. The number of nitrogens with zero attached hydrogens (tertiary/aromatic N) is 1. The molecule has 0 aliphatic heterocycles. The summed E-state index contributed by atoms with van der Waals surface area (Å²) in [5.41, 5.74) is 0. The predicted molar refractivity (Wildman–Crippen MR) is 67.4 cm³/mol. The lowest BCUT2D eigenvalue weighted by Gasteiger charge is -2.30. The molecule has 0 saturated carbocycles. The monoisotopic (exact) mass is 241 g/mol. The normalized spacial score (nSPS) is 12.4. The molecule has 0 rings (SSSR count). The highest BCUT2D eigenvalue weighted by Gasteiger charge is 2.27. The Morgan fingerprint density at radius 1 is 1.24 bits per heavy atom. The van der Waals surface area contributed by atoms with Crippen LogP contribution in [-0.4, -0.2) is 35.5 Å². The molecule has 1 amide bonds. The van der Waals surface area contributed by atoms with E-state index >= 15 is 0 Å². The number of hydrogen-bond donors (Lipinski definition) is 0. The maximum Gasteiger partial charge on any atom is 0.328 e. The summed E-state index contributed by atoms with van der Waals surface area (Å²) in [5.74, 6) is -0.342. The third-order valence-corrected chi connectivity index (χ3v) is 2.30. The van der Waals surface area contributed by atoms with E-state index in [1.54, 1.807) is 6.92 Å². The number of rotatable bonds is 6. The molecule has 0 aromatic rings. The number of carbonyl (C=O) groups excluding carboxylic acids is 2. The molecule has 4 heteroatoms. The first kappa shape index (κ1) is 15.7. The Bertz CT molecular complexity index is 284. The van der Waals surface area contributed by atoms with Crippen LogP contribution in [0.5, 0.6) is 0 Å². The van der Waals surface area contributed by atoms with E-state index in [2.05, 4.69) is 6.58 Å². The van der Waals surface area contributed by atoms with Gasteiger partial charge < -0.3 is 9.64 Å². The molecular formula is C13H23NO3. The number of esters is 1. The summed E-state index contributed by atoms with van der Waals surface area (Å²) < 4.78 is 5.12. The van der Waals surface area contributed by atoms with Gasteiger partial charge in [0.1, 0.15) is 6.04 Å². The van der Waals surface area contributed by atoms with Crippen LogP contribution in [0.1, 0.15) is 34.6 Å². The van der Waals surface area contributed by atoms with E-state index in [-0.39, 0.29) is 23.8 Å². The second-order valence-electron chi connectivity index (χ2n) is 4.74. The molecule has 0 aromatic carbocycles. The topological polar surface area (TPSA) is 46.6 Å². The molecule has 1 unspecified atom stereocenters. The zero-order chi connectivity index (χ0) is 13.6. The minimum absolute atomic E-state index is 0.0675. The lowest BCUT2D eigenvalue weighted by atomic mass is 10.2. The van der Waals surface area contributed by atoms with Gasteiger partial charge in [-0.1, -0.05) is 20.4 Å². The molecule has 0 aliphatic carbocycles. The maximum atomic E-state index is 11.8. The van der Waals surface area contributed by atoms with E-state index in [9.17, 15) is 9.59 Å². The van der Waals surface area contributed by atoms with Gasteiger partial charge in [0.2, 0.25) is 5.91 Å². The summed E-state index contributed by atoms with van der Waals surface area (Å²) in [7, 11) is 0. The SMILES string of the molecule is C=CC(=O)N(C(C)C)C(C)C(=O)OCC(C)C. The Labute approximate surface area is 104 Å². The van der Waals surface area contributed by atoms with Gasteiger partial charge in [0, 0.05) is 6.04 Å². The zero-order valence-electron chi connectivity index (χ0n) is 11.4. The third-order valence-electron chi connectivity index (χ3n) is 2.30. The van der Waals surface area contributed by atoms with E-state index in [1.807, 2.05) is 27.7 Å². The average Bonchev–Trinajstić information content (AvgIpc) is 2.24. The molecule has 17 heavy (non-hydrogen) atoms. The molecular weight excluding hydrogens is 218 g/mol. The highest BCUT2D eigenvalue weighted by atomic mass is 16.5. The molecule has 0 aliphatic rings. The van der Waals surface area contributed by atoms with E-state index < -0.39 is 6.04 Å². The minimum atomic E-state index is -0.584. The van der Waals surface area contributed by atoms with Gasteiger partial charge in [-0.3, -0.25) is 4.79 Å².